The van der Waals surface area contributed by atoms with Gasteiger partial charge in [-0.25, -0.2) is 0 Å². The number of anilines is 1. The molecule has 19 heavy (non-hydrogen) atoms. The van der Waals surface area contributed by atoms with Gasteiger partial charge in [-0.05, 0) is 24.3 Å². The van der Waals surface area contributed by atoms with Crippen molar-refractivity contribution in [1.82, 2.24) is 9.78 Å². The zero-order valence-electron chi connectivity index (χ0n) is 10.6. The molecule has 102 valence electrons. The molecule has 0 fully saturated rings. The first-order chi connectivity index (χ1) is 9.19. The van der Waals surface area contributed by atoms with Crippen LogP contribution in [-0.2, 0) is 6.54 Å². The van der Waals surface area contributed by atoms with Crippen molar-refractivity contribution < 1.29 is 9.84 Å². The third-order valence-electron chi connectivity index (χ3n) is 2.65. The molecule has 6 heteroatoms. The summed E-state index contributed by atoms with van der Waals surface area (Å²) < 4.78 is 6.76. The maximum atomic E-state index is 9.87. The molecule has 0 amide bonds. The molecule has 0 spiro atoms. The van der Waals surface area contributed by atoms with Gasteiger partial charge in [0.2, 0.25) is 0 Å². The molecule has 1 heterocycles. The highest BCUT2D eigenvalue weighted by Crippen LogP contribution is 2.27. The molecule has 0 saturated carbocycles. The van der Waals surface area contributed by atoms with Crippen molar-refractivity contribution in [2.75, 3.05) is 19.0 Å². The standard InChI is InChI=1S/C13H16ClN3O2/c1-19-13-4-3-10(7-12(13)14)15-8-11(18)9-17-6-2-5-16-17/h2-7,11,15,18H,8-9H2,1H3. The summed E-state index contributed by atoms with van der Waals surface area (Å²) in [6.07, 6.45) is 2.97. The maximum Gasteiger partial charge on any atom is 0.137 e. The summed E-state index contributed by atoms with van der Waals surface area (Å²) in [6.45, 7) is 0.867. The number of hydrogen-bond donors (Lipinski definition) is 2. The van der Waals surface area contributed by atoms with Crippen LogP contribution in [0.25, 0.3) is 0 Å². The molecule has 1 atom stereocenters. The second-order valence-electron chi connectivity index (χ2n) is 4.11. The van der Waals surface area contributed by atoms with Crippen molar-refractivity contribution in [1.29, 1.82) is 0 Å². The van der Waals surface area contributed by atoms with E-state index in [1.807, 2.05) is 18.3 Å². The third-order valence-corrected chi connectivity index (χ3v) is 2.95. The van der Waals surface area contributed by atoms with Gasteiger partial charge >= 0.3 is 0 Å². The van der Waals surface area contributed by atoms with Crippen molar-refractivity contribution in [3.63, 3.8) is 0 Å². The lowest BCUT2D eigenvalue weighted by Gasteiger charge is -2.13. The average molecular weight is 282 g/mol. The minimum Gasteiger partial charge on any atom is -0.495 e. The first kappa shape index (κ1) is 13.7. The molecule has 2 aromatic rings. The smallest absolute Gasteiger partial charge is 0.137 e. The van der Waals surface area contributed by atoms with Gasteiger partial charge < -0.3 is 15.2 Å². The normalized spacial score (nSPS) is 12.2. The van der Waals surface area contributed by atoms with E-state index in [9.17, 15) is 5.11 Å². The first-order valence-electron chi connectivity index (χ1n) is 5.92. The Hall–Kier alpha value is -1.72. The van der Waals surface area contributed by atoms with Gasteiger partial charge in [0.15, 0.2) is 0 Å². The molecule has 0 aliphatic rings. The number of halogens is 1. The average Bonchev–Trinajstić information content (AvgIpc) is 2.89. The van der Waals surface area contributed by atoms with E-state index >= 15 is 0 Å². The number of nitrogens with one attached hydrogen (secondary N) is 1. The summed E-state index contributed by atoms with van der Waals surface area (Å²) >= 11 is 6.02. The molecule has 0 radical (unpaired) electrons. The van der Waals surface area contributed by atoms with E-state index in [1.165, 1.54) is 0 Å². The Morgan fingerprint density at radius 2 is 2.37 bits per heavy atom. The Balaban J connectivity index is 1.86. The summed E-state index contributed by atoms with van der Waals surface area (Å²) in [5.41, 5.74) is 0.838. The van der Waals surface area contributed by atoms with Crippen molar-refractivity contribution >= 4 is 17.3 Å². The molecule has 2 rings (SSSR count). The van der Waals surface area contributed by atoms with Crippen molar-refractivity contribution in [3.8, 4) is 5.75 Å². The van der Waals surface area contributed by atoms with Crippen LogP contribution in [0.15, 0.2) is 36.7 Å². The van der Waals surface area contributed by atoms with Gasteiger partial charge in [0.25, 0.3) is 0 Å². The lowest BCUT2D eigenvalue weighted by Crippen LogP contribution is -2.25. The molecule has 1 aromatic carbocycles. The fourth-order valence-electron chi connectivity index (χ4n) is 1.70. The van der Waals surface area contributed by atoms with Gasteiger partial charge in [-0.3, -0.25) is 4.68 Å². The number of nitrogens with zero attached hydrogens (tertiary/aromatic N) is 2. The van der Waals surface area contributed by atoms with Crippen LogP contribution >= 0.6 is 11.6 Å². The predicted octanol–water partition coefficient (Wildman–Crippen LogP) is 2.02. The van der Waals surface area contributed by atoms with Gasteiger partial charge in [-0.15, -0.1) is 0 Å². The van der Waals surface area contributed by atoms with Crippen LogP contribution in [0.5, 0.6) is 5.75 Å². The number of aromatic nitrogens is 2. The van der Waals surface area contributed by atoms with Gasteiger partial charge in [0.05, 0.1) is 24.8 Å². The van der Waals surface area contributed by atoms with E-state index in [-0.39, 0.29) is 0 Å². The molecule has 1 unspecified atom stereocenters. The molecule has 0 aliphatic carbocycles. The Kier molecular flexibility index (Phi) is 4.65. The fraction of sp³-hybridized carbons (Fsp3) is 0.308. The van der Waals surface area contributed by atoms with Crippen LogP contribution < -0.4 is 10.1 Å². The molecular weight excluding hydrogens is 266 g/mol. The molecule has 0 bridgehead atoms. The van der Waals surface area contributed by atoms with Gasteiger partial charge in [0.1, 0.15) is 5.75 Å². The molecule has 0 saturated heterocycles. The monoisotopic (exact) mass is 281 g/mol. The highest BCUT2D eigenvalue weighted by atomic mass is 35.5. The topological polar surface area (TPSA) is 59.3 Å². The fourth-order valence-corrected chi connectivity index (χ4v) is 1.96. The number of hydrogen-bond acceptors (Lipinski definition) is 4. The lowest BCUT2D eigenvalue weighted by molar-refractivity contribution is 0.161. The second kappa shape index (κ2) is 6.45. The number of aliphatic hydroxyl groups is 1. The SMILES string of the molecule is COc1ccc(NCC(O)Cn2cccn2)cc1Cl. The maximum absolute atomic E-state index is 9.87. The van der Waals surface area contributed by atoms with Crippen molar-refractivity contribution in [2.45, 2.75) is 12.6 Å². The summed E-state index contributed by atoms with van der Waals surface area (Å²) in [5.74, 6) is 0.629. The van der Waals surface area contributed by atoms with E-state index in [0.29, 0.717) is 23.9 Å². The Labute approximate surface area is 116 Å². The first-order valence-corrected chi connectivity index (χ1v) is 6.29. The quantitative estimate of drug-likeness (QED) is 0.850. The zero-order chi connectivity index (χ0) is 13.7. The van der Waals surface area contributed by atoms with Crippen LogP contribution in [0.4, 0.5) is 5.69 Å². The molecule has 0 aliphatic heterocycles. The van der Waals surface area contributed by atoms with Gasteiger partial charge in [0, 0.05) is 24.6 Å². The number of benzene rings is 1. The number of methoxy groups -OCH3 is 1. The van der Waals surface area contributed by atoms with Crippen molar-refractivity contribution in [2.24, 2.45) is 0 Å². The Morgan fingerprint density at radius 3 is 3.00 bits per heavy atom. The van der Waals surface area contributed by atoms with E-state index in [4.69, 9.17) is 16.3 Å². The minimum atomic E-state index is -0.527. The molecule has 5 nitrogen and oxygen atoms in total. The summed E-state index contributed by atoms with van der Waals surface area (Å²) in [4.78, 5) is 0. The van der Waals surface area contributed by atoms with E-state index < -0.39 is 6.10 Å². The van der Waals surface area contributed by atoms with E-state index in [0.717, 1.165) is 5.69 Å². The largest absolute Gasteiger partial charge is 0.495 e. The molecule has 2 N–H and O–H groups in total. The van der Waals surface area contributed by atoms with E-state index in [1.54, 1.807) is 30.1 Å². The summed E-state index contributed by atoms with van der Waals surface area (Å²) in [6, 6.07) is 7.22. The zero-order valence-corrected chi connectivity index (χ0v) is 11.3. The Morgan fingerprint density at radius 1 is 1.53 bits per heavy atom. The second-order valence-corrected chi connectivity index (χ2v) is 4.52. The summed E-state index contributed by atoms with van der Waals surface area (Å²) in [5, 5.41) is 17.6. The van der Waals surface area contributed by atoms with Crippen LogP contribution in [-0.4, -0.2) is 34.6 Å². The van der Waals surface area contributed by atoms with Crippen LogP contribution in [0.1, 0.15) is 0 Å². The molecular formula is C13H16ClN3O2. The van der Waals surface area contributed by atoms with Crippen LogP contribution in [0, 0.1) is 0 Å². The number of rotatable bonds is 6. The van der Waals surface area contributed by atoms with Gasteiger partial charge in [-0.2, -0.15) is 5.10 Å². The molecule has 1 aromatic heterocycles. The summed E-state index contributed by atoms with van der Waals surface area (Å²) in [7, 11) is 1.57. The number of ether oxygens (including phenoxy) is 1. The highest BCUT2D eigenvalue weighted by Gasteiger charge is 2.06. The van der Waals surface area contributed by atoms with Gasteiger partial charge in [-0.1, -0.05) is 11.6 Å². The highest BCUT2D eigenvalue weighted by molar-refractivity contribution is 6.32. The van der Waals surface area contributed by atoms with Crippen LogP contribution in [0.3, 0.4) is 0 Å². The van der Waals surface area contributed by atoms with Crippen molar-refractivity contribution in [3.05, 3.63) is 41.7 Å². The van der Waals surface area contributed by atoms with Crippen LogP contribution in [0.2, 0.25) is 5.02 Å². The number of aliphatic hydroxyl groups excluding tert-OH is 1. The minimum absolute atomic E-state index is 0.419. The predicted molar refractivity (Wildman–Crippen MR) is 74.7 cm³/mol. The third kappa shape index (κ3) is 3.87. The Bertz CT molecular complexity index is 517. The van der Waals surface area contributed by atoms with E-state index in [2.05, 4.69) is 10.4 Å². The lowest BCUT2D eigenvalue weighted by atomic mass is 10.2.